The predicted molar refractivity (Wildman–Crippen MR) is 62.3 cm³/mol. The van der Waals surface area contributed by atoms with Crippen molar-refractivity contribution in [1.29, 1.82) is 0 Å². The number of hydrogen-bond donors (Lipinski definition) is 1. The zero-order valence-electron chi connectivity index (χ0n) is 9.25. The molecule has 0 aromatic carbocycles. The quantitative estimate of drug-likeness (QED) is 0.623. The molecule has 1 N–H and O–H groups in total. The lowest BCUT2D eigenvalue weighted by Gasteiger charge is -2.06. The number of nitrogens with one attached hydrogen (secondary N) is 1. The van der Waals surface area contributed by atoms with E-state index in [0.717, 1.165) is 0 Å². The van der Waals surface area contributed by atoms with Crippen LogP contribution in [0.4, 0.5) is 5.82 Å². The average molecular weight is 229 g/mol. The van der Waals surface area contributed by atoms with Crippen LogP contribution in [0.25, 0.3) is 0 Å². The summed E-state index contributed by atoms with van der Waals surface area (Å²) >= 11 is 0. The Balaban J connectivity index is 2.24. The smallest absolute Gasteiger partial charge is 0.322 e. The van der Waals surface area contributed by atoms with E-state index in [1.54, 1.807) is 43.5 Å². The van der Waals surface area contributed by atoms with Crippen LogP contribution in [0.5, 0.6) is 0 Å². The summed E-state index contributed by atoms with van der Waals surface area (Å²) in [5.41, 5.74) is 0.523. The third-order valence-electron chi connectivity index (χ3n) is 2.27. The van der Waals surface area contributed by atoms with Gasteiger partial charge >= 0.3 is 5.91 Å². The second-order valence-electron chi connectivity index (χ2n) is 3.52. The summed E-state index contributed by atoms with van der Waals surface area (Å²) in [5, 5.41) is 14.2. The van der Waals surface area contributed by atoms with Gasteiger partial charge in [-0.2, -0.15) is 4.73 Å². The fourth-order valence-corrected chi connectivity index (χ4v) is 1.39. The molecule has 0 unspecified atom stereocenters. The number of anilines is 1. The van der Waals surface area contributed by atoms with E-state index in [1.165, 1.54) is 6.07 Å². The molecule has 5 heteroatoms. The average Bonchev–Trinajstić information content (AvgIpc) is 2.34. The van der Waals surface area contributed by atoms with Gasteiger partial charge in [-0.3, -0.25) is 4.79 Å². The normalized spacial score (nSPS) is 9.94. The number of aromatic nitrogens is 2. The van der Waals surface area contributed by atoms with Crippen LogP contribution in [0.1, 0.15) is 16.2 Å². The highest BCUT2D eigenvalue weighted by Gasteiger charge is 2.17. The summed E-state index contributed by atoms with van der Waals surface area (Å²) in [6, 6.07) is 9.93. The lowest BCUT2D eigenvalue weighted by Crippen LogP contribution is -2.39. The Bertz CT molecular complexity index is 541. The molecule has 2 aromatic heterocycles. The molecule has 2 aromatic rings. The van der Waals surface area contributed by atoms with E-state index in [-0.39, 0.29) is 5.69 Å². The SMILES string of the molecule is Cc1cccc(C(=O)Nc2ccccn2)[n+]1[O-]. The lowest BCUT2D eigenvalue weighted by atomic mass is 10.3. The van der Waals surface area contributed by atoms with Crippen LogP contribution in [0.3, 0.4) is 0 Å². The zero-order chi connectivity index (χ0) is 12.3. The van der Waals surface area contributed by atoms with Crippen molar-refractivity contribution in [3.8, 4) is 0 Å². The molecule has 0 radical (unpaired) electrons. The Morgan fingerprint density at radius 1 is 1.29 bits per heavy atom. The molecular weight excluding hydrogens is 218 g/mol. The van der Waals surface area contributed by atoms with Gasteiger partial charge in [0.2, 0.25) is 0 Å². The van der Waals surface area contributed by atoms with Gasteiger partial charge in [-0.05, 0) is 18.2 Å². The van der Waals surface area contributed by atoms with Crippen LogP contribution < -0.4 is 10.0 Å². The maximum Gasteiger partial charge on any atom is 0.322 e. The molecular formula is C12H11N3O2. The van der Waals surface area contributed by atoms with E-state index >= 15 is 0 Å². The van der Waals surface area contributed by atoms with Gasteiger partial charge in [0.05, 0.1) is 0 Å². The lowest BCUT2D eigenvalue weighted by molar-refractivity contribution is -0.614. The first-order chi connectivity index (χ1) is 8.18. The Hall–Kier alpha value is -2.43. The van der Waals surface area contributed by atoms with E-state index in [4.69, 9.17) is 0 Å². The third-order valence-corrected chi connectivity index (χ3v) is 2.27. The highest BCUT2D eigenvalue weighted by Crippen LogP contribution is 2.03. The number of amides is 1. The monoisotopic (exact) mass is 229 g/mol. The van der Waals surface area contributed by atoms with Crippen LogP contribution in [0, 0.1) is 12.1 Å². The molecule has 0 saturated heterocycles. The van der Waals surface area contributed by atoms with E-state index in [1.807, 2.05) is 0 Å². The van der Waals surface area contributed by atoms with Crippen molar-refractivity contribution in [2.75, 3.05) is 5.32 Å². The van der Waals surface area contributed by atoms with Crippen LogP contribution in [-0.2, 0) is 0 Å². The summed E-state index contributed by atoms with van der Waals surface area (Å²) in [5.74, 6) is -0.0543. The molecule has 0 bridgehead atoms. The Morgan fingerprint density at radius 2 is 2.12 bits per heavy atom. The fraction of sp³-hybridized carbons (Fsp3) is 0.0833. The van der Waals surface area contributed by atoms with E-state index in [0.29, 0.717) is 16.2 Å². The summed E-state index contributed by atoms with van der Waals surface area (Å²) in [4.78, 5) is 15.8. The highest BCUT2D eigenvalue weighted by atomic mass is 16.5. The summed E-state index contributed by atoms with van der Waals surface area (Å²) in [7, 11) is 0. The van der Waals surface area contributed by atoms with Crippen LogP contribution >= 0.6 is 0 Å². The molecule has 5 nitrogen and oxygen atoms in total. The maximum atomic E-state index is 11.8. The first-order valence-corrected chi connectivity index (χ1v) is 5.10. The number of pyridine rings is 2. The standard InChI is InChI=1S/C12H11N3O2/c1-9-5-4-6-10(15(9)17)12(16)14-11-7-2-3-8-13-11/h2-8H,1H3,(H,13,14,16). The zero-order valence-corrected chi connectivity index (χ0v) is 9.25. The molecule has 1 amide bonds. The Labute approximate surface area is 98.3 Å². The number of hydrogen-bond acceptors (Lipinski definition) is 3. The summed E-state index contributed by atoms with van der Waals surface area (Å²) in [6.45, 7) is 1.64. The third kappa shape index (κ3) is 2.39. The Kier molecular flexibility index (Phi) is 3.00. The number of carbonyl (C=O) groups excluding carboxylic acids is 1. The first kappa shape index (κ1) is 11.1. The molecule has 0 aliphatic heterocycles. The second-order valence-corrected chi connectivity index (χ2v) is 3.52. The van der Waals surface area contributed by atoms with Gasteiger partial charge in [0.15, 0.2) is 5.69 Å². The van der Waals surface area contributed by atoms with Crippen molar-refractivity contribution in [3.63, 3.8) is 0 Å². The van der Waals surface area contributed by atoms with Crippen molar-refractivity contribution in [1.82, 2.24) is 4.98 Å². The summed E-state index contributed by atoms with van der Waals surface area (Å²) in [6.07, 6.45) is 1.57. The van der Waals surface area contributed by atoms with Crippen molar-refractivity contribution in [3.05, 3.63) is 59.2 Å². The number of nitrogens with zero attached hydrogens (tertiary/aromatic N) is 2. The van der Waals surface area contributed by atoms with Crippen LogP contribution in [0.15, 0.2) is 42.6 Å². The highest BCUT2D eigenvalue weighted by molar-refractivity contribution is 6.01. The van der Waals surface area contributed by atoms with Crippen LogP contribution in [0.2, 0.25) is 0 Å². The van der Waals surface area contributed by atoms with Crippen molar-refractivity contribution in [2.24, 2.45) is 0 Å². The van der Waals surface area contributed by atoms with Gasteiger partial charge in [-0.15, -0.1) is 0 Å². The molecule has 2 rings (SSSR count). The minimum atomic E-state index is -0.470. The molecule has 0 aliphatic carbocycles. The van der Waals surface area contributed by atoms with E-state index < -0.39 is 5.91 Å². The number of carbonyl (C=O) groups is 1. The van der Waals surface area contributed by atoms with Crippen LogP contribution in [-0.4, -0.2) is 10.9 Å². The molecule has 2 heterocycles. The van der Waals surface area contributed by atoms with Crippen molar-refractivity contribution < 1.29 is 9.52 Å². The largest absolute Gasteiger partial charge is 0.618 e. The van der Waals surface area contributed by atoms with Gasteiger partial charge in [-0.25, -0.2) is 4.98 Å². The first-order valence-electron chi connectivity index (χ1n) is 5.10. The maximum absolute atomic E-state index is 11.8. The minimum Gasteiger partial charge on any atom is -0.618 e. The molecule has 86 valence electrons. The molecule has 0 saturated carbocycles. The van der Waals surface area contributed by atoms with E-state index in [9.17, 15) is 10.0 Å². The minimum absolute atomic E-state index is 0.0515. The van der Waals surface area contributed by atoms with Crippen molar-refractivity contribution in [2.45, 2.75) is 6.92 Å². The van der Waals surface area contributed by atoms with Gasteiger partial charge in [0, 0.05) is 25.3 Å². The predicted octanol–water partition coefficient (Wildman–Crippen LogP) is 1.28. The molecule has 0 atom stereocenters. The van der Waals surface area contributed by atoms with Gasteiger partial charge < -0.3 is 10.5 Å². The molecule has 0 fully saturated rings. The van der Waals surface area contributed by atoms with Crippen molar-refractivity contribution >= 4 is 11.7 Å². The Morgan fingerprint density at radius 3 is 2.82 bits per heavy atom. The molecule has 0 aliphatic rings. The van der Waals surface area contributed by atoms with Gasteiger partial charge in [0.25, 0.3) is 5.69 Å². The molecule has 0 spiro atoms. The topological polar surface area (TPSA) is 68.9 Å². The number of rotatable bonds is 2. The van der Waals surface area contributed by atoms with Gasteiger partial charge in [-0.1, -0.05) is 6.07 Å². The second kappa shape index (κ2) is 4.61. The fourth-order valence-electron chi connectivity index (χ4n) is 1.39. The number of aryl methyl sites for hydroxylation is 1. The van der Waals surface area contributed by atoms with Gasteiger partial charge in [0.1, 0.15) is 5.82 Å². The van der Waals surface area contributed by atoms with E-state index in [2.05, 4.69) is 10.3 Å². The summed E-state index contributed by atoms with van der Waals surface area (Å²) < 4.78 is 0.596. The molecule has 17 heavy (non-hydrogen) atoms.